The van der Waals surface area contributed by atoms with Crippen LogP contribution >= 0.6 is 11.8 Å². The van der Waals surface area contributed by atoms with Crippen molar-refractivity contribution in [1.82, 2.24) is 30.1 Å². The van der Waals surface area contributed by atoms with Gasteiger partial charge in [0.15, 0.2) is 16.7 Å². The molecule has 0 fully saturated rings. The molecule has 0 aliphatic carbocycles. The maximum absolute atomic E-state index is 5.97. The molecule has 0 saturated carbocycles. The SMILES string of the molecule is Cc1onc(-c2ccccc2)c1-c1nnc(CSc2nnc(-c3ccco3)n2CC(C)C)o1. The Morgan fingerprint density at radius 2 is 1.85 bits per heavy atom. The standard InChI is InChI=1S/C23H22N6O3S/c1-14(2)12-29-21(17-10-7-11-30-17)25-27-23(29)33-13-18-24-26-22(31-18)19-15(3)32-28-20(19)16-8-5-4-6-9-16/h4-11,14H,12-13H2,1-3H3. The van der Waals surface area contributed by atoms with E-state index in [1.54, 1.807) is 6.26 Å². The van der Waals surface area contributed by atoms with Crippen LogP contribution in [0.25, 0.3) is 34.3 Å². The van der Waals surface area contributed by atoms with Crippen LogP contribution in [0.2, 0.25) is 0 Å². The molecule has 0 spiro atoms. The van der Waals surface area contributed by atoms with E-state index in [4.69, 9.17) is 13.4 Å². The molecule has 0 radical (unpaired) electrons. The molecule has 0 N–H and O–H groups in total. The van der Waals surface area contributed by atoms with Crippen molar-refractivity contribution in [2.75, 3.05) is 0 Å². The highest BCUT2D eigenvalue weighted by atomic mass is 32.2. The largest absolute Gasteiger partial charge is 0.461 e. The fourth-order valence-electron chi connectivity index (χ4n) is 3.47. The zero-order chi connectivity index (χ0) is 22.8. The summed E-state index contributed by atoms with van der Waals surface area (Å²) in [6.07, 6.45) is 1.63. The van der Waals surface area contributed by atoms with E-state index >= 15 is 0 Å². The lowest BCUT2D eigenvalue weighted by Gasteiger charge is -2.10. The molecule has 33 heavy (non-hydrogen) atoms. The minimum atomic E-state index is 0.378. The molecular formula is C23H22N6O3S. The Morgan fingerprint density at radius 3 is 2.61 bits per heavy atom. The van der Waals surface area contributed by atoms with Gasteiger partial charge in [0.25, 0.3) is 5.89 Å². The zero-order valence-electron chi connectivity index (χ0n) is 18.4. The first-order chi connectivity index (χ1) is 16.1. The summed E-state index contributed by atoms with van der Waals surface area (Å²) in [5.74, 6) is 3.73. The number of nitrogens with zero attached hydrogens (tertiary/aromatic N) is 6. The molecule has 0 atom stereocenters. The third-order valence-corrected chi connectivity index (χ3v) is 5.87. The number of aromatic nitrogens is 6. The molecule has 10 heteroatoms. The Hall–Kier alpha value is -3.66. The van der Waals surface area contributed by atoms with Gasteiger partial charge in [-0.3, -0.25) is 4.57 Å². The second kappa shape index (κ2) is 9.07. The minimum absolute atomic E-state index is 0.378. The van der Waals surface area contributed by atoms with E-state index in [2.05, 4.69) is 44.0 Å². The molecule has 168 valence electrons. The van der Waals surface area contributed by atoms with Crippen LogP contribution in [-0.2, 0) is 12.3 Å². The third-order valence-electron chi connectivity index (χ3n) is 4.92. The summed E-state index contributed by atoms with van der Waals surface area (Å²) in [4.78, 5) is 0. The average molecular weight is 463 g/mol. The lowest BCUT2D eigenvalue weighted by Crippen LogP contribution is -2.07. The number of rotatable bonds is 8. The number of aryl methyl sites for hydroxylation is 1. The van der Waals surface area contributed by atoms with Crippen molar-refractivity contribution in [2.45, 2.75) is 38.2 Å². The van der Waals surface area contributed by atoms with Crippen LogP contribution in [0.3, 0.4) is 0 Å². The van der Waals surface area contributed by atoms with Gasteiger partial charge in [-0.2, -0.15) is 0 Å². The zero-order valence-corrected chi connectivity index (χ0v) is 19.2. The number of hydrogen-bond acceptors (Lipinski definition) is 9. The fourth-order valence-corrected chi connectivity index (χ4v) is 4.25. The van der Waals surface area contributed by atoms with Crippen molar-refractivity contribution < 1.29 is 13.4 Å². The summed E-state index contributed by atoms with van der Waals surface area (Å²) in [6, 6.07) is 13.5. The van der Waals surface area contributed by atoms with Crippen LogP contribution in [0.15, 0.2) is 67.2 Å². The molecule has 4 aromatic heterocycles. The Balaban J connectivity index is 1.38. The van der Waals surface area contributed by atoms with E-state index in [0.29, 0.717) is 52.1 Å². The first-order valence-corrected chi connectivity index (χ1v) is 11.5. The van der Waals surface area contributed by atoms with Crippen molar-refractivity contribution >= 4 is 11.8 Å². The molecule has 0 bridgehead atoms. The Bertz CT molecular complexity index is 1340. The molecule has 0 saturated heterocycles. The highest BCUT2D eigenvalue weighted by molar-refractivity contribution is 7.98. The normalized spacial score (nSPS) is 11.5. The lowest BCUT2D eigenvalue weighted by molar-refractivity contribution is 0.399. The van der Waals surface area contributed by atoms with Crippen LogP contribution in [0, 0.1) is 12.8 Å². The van der Waals surface area contributed by atoms with Gasteiger partial charge < -0.3 is 13.4 Å². The molecule has 0 amide bonds. The molecule has 0 aliphatic heterocycles. The fraction of sp³-hybridized carbons (Fsp3) is 0.261. The van der Waals surface area contributed by atoms with E-state index in [9.17, 15) is 0 Å². The van der Waals surface area contributed by atoms with E-state index < -0.39 is 0 Å². The maximum Gasteiger partial charge on any atom is 0.253 e. The van der Waals surface area contributed by atoms with E-state index in [1.165, 1.54) is 11.8 Å². The monoisotopic (exact) mass is 462 g/mol. The topological polar surface area (TPSA) is 109 Å². The van der Waals surface area contributed by atoms with E-state index in [-0.39, 0.29) is 0 Å². The van der Waals surface area contributed by atoms with Crippen molar-refractivity contribution in [3.05, 3.63) is 60.4 Å². The highest BCUT2D eigenvalue weighted by Gasteiger charge is 2.23. The van der Waals surface area contributed by atoms with Crippen molar-refractivity contribution in [3.8, 4) is 34.3 Å². The molecule has 5 aromatic rings. The molecular weight excluding hydrogens is 440 g/mol. The van der Waals surface area contributed by atoms with Crippen LogP contribution in [-0.4, -0.2) is 30.1 Å². The lowest BCUT2D eigenvalue weighted by atomic mass is 10.1. The van der Waals surface area contributed by atoms with E-state index in [0.717, 1.165) is 17.3 Å². The van der Waals surface area contributed by atoms with Crippen LogP contribution in [0.4, 0.5) is 0 Å². The van der Waals surface area contributed by atoms with Crippen LogP contribution in [0.1, 0.15) is 25.5 Å². The maximum atomic E-state index is 5.97. The first-order valence-electron chi connectivity index (χ1n) is 10.5. The number of hydrogen-bond donors (Lipinski definition) is 0. The van der Waals surface area contributed by atoms with Gasteiger partial charge in [-0.25, -0.2) is 0 Å². The van der Waals surface area contributed by atoms with Gasteiger partial charge in [-0.1, -0.05) is 61.1 Å². The minimum Gasteiger partial charge on any atom is -0.461 e. The smallest absolute Gasteiger partial charge is 0.253 e. The quantitative estimate of drug-likeness (QED) is 0.276. The summed E-state index contributed by atoms with van der Waals surface area (Å²) in [6.45, 7) is 6.89. The van der Waals surface area contributed by atoms with Gasteiger partial charge in [0.1, 0.15) is 17.0 Å². The second-order valence-corrected chi connectivity index (χ2v) is 8.85. The first kappa shape index (κ1) is 21.2. The predicted molar refractivity (Wildman–Crippen MR) is 122 cm³/mol. The van der Waals surface area contributed by atoms with Crippen molar-refractivity contribution in [1.29, 1.82) is 0 Å². The average Bonchev–Trinajstić information content (AvgIpc) is 3.60. The van der Waals surface area contributed by atoms with E-state index in [1.807, 2.05) is 49.4 Å². The molecule has 4 heterocycles. The third kappa shape index (κ3) is 4.34. The van der Waals surface area contributed by atoms with Gasteiger partial charge in [0.2, 0.25) is 5.89 Å². The van der Waals surface area contributed by atoms with Gasteiger partial charge in [0.05, 0.1) is 12.0 Å². The molecule has 0 aliphatic rings. The Labute approximate surface area is 194 Å². The molecule has 9 nitrogen and oxygen atoms in total. The summed E-state index contributed by atoms with van der Waals surface area (Å²) in [5, 5.41) is 22.1. The molecule has 0 unspecified atom stereocenters. The molecule has 5 rings (SSSR count). The summed E-state index contributed by atoms with van der Waals surface area (Å²) in [7, 11) is 0. The van der Waals surface area contributed by atoms with Gasteiger partial charge in [0, 0.05) is 12.1 Å². The number of benzene rings is 1. The van der Waals surface area contributed by atoms with Crippen molar-refractivity contribution in [2.24, 2.45) is 5.92 Å². The van der Waals surface area contributed by atoms with Crippen LogP contribution in [0.5, 0.6) is 0 Å². The summed E-state index contributed by atoms with van der Waals surface area (Å²) >= 11 is 1.49. The van der Waals surface area contributed by atoms with Crippen LogP contribution < -0.4 is 0 Å². The van der Waals surface area contributed by atoms with Gasteiger partial charge in [-0.05, 0) is 25.0 Å². The van der Waals surface area contributed by atoms with Gasteiger partial charge in [-0.15, -0.1) is 20.4 Å². The van der Waals surface area contributed by atoms with Crippen molar-refractivity contribution in [3.63, 3.8) is 0 Å². The van der Waals surface area contributed by atoms with Gasteiger partial charge >= 0.3 is 0 Å². The summed E-state index contributed by atoms with van der Waals surface area (Å²) in [5.41, 5.74) is 2.30. The highest BCUT2D eigenvalue weighted by Crippen LogP contribution is 2.34. The number of furan rings is 1. The second-order valence-electron chi connectivity index (χ2n) is 7.91. The Kier molecular flexibility index (Phi) is 5.82. The summed E-state index contributed by atoms with van der Waals surface area (Å²) < 4.78 is 19.0. The Morgan fingerprint density at radius 1 is 1.00 bits per heavy atom. The number of thioether (sulfide) groups is 1. The molecule has 1 aromatic carbocycles. The predicted octanol–water partition coefficient (Wildman–Crippen LogP) is 5.50.